The standard InChI is InChI=1S/C7H16O2.2C6H6O3S/c1-4-7(5(2)8)6(3)9;2*7-10(8,9)6-4-2-1-3-5-6/h5-9H,4H2,1-3H3;2*1-5H,(H,7,8,9). The fourth-order valence-electron chi connectivity index (χ4n) is 2.27. The van der Waals surface area contributed by atoms with Crippen molar-refractivity contribution in [2.45, 2.75) is 49.2 Å². The molecule has 4 N–H and O–H groups in total. The maximum atomic E-state index is 10.4. The summed E-state index contributed by atoms with van der Waals surface area (Å²) in [5.74, 6) is 0.0324. The molecule has 8 nitrogen and oxygen atoms in total. The maximum Gasteiger partial charge on any atom is 0.294 e. The first kappa shape index (κ1) is 27.2. The van der Waals surface area contributed by atoms with Gasteiger partial charge in [-0.1, -0.05) is 43.3 Å². The van der Waals surface area contributed by atoms with E-state index in [1.54, 1.807) is 50.2 Å². The SMILES string of the molecule is CCC(C(C)O)C(C)O.O=S(=O)(O)c1ccccc1.O=S(=O)(O)c1ccccc1. The van der Waals surface area contributed by atoms with Crippen LogP contribution in [0.25, 0.3) is 0 Å². The van der Waals surface area contributed by atoms with Crippen LogP contribution in [0.5, 0.6) is 0 Å². The molecule has 0 radical (unpaired) electrons. The molecule has 0 saturated heterocycles. The maximum absolute atomic E-state index is 10.4. The van der Waals surface area contributed by atoms with Gasteiger partial charge in [0.05, 0.1) is 22.0 Å². The summed E-state index contributed by atoms with van der Waals surface area (Å²) in [5.41, 5.74) is 0. The molecule has 2 atom stereocenters. The average Bonchev–Trinajstić information content (AvgIpc) is 2.63. The summed E-state index contributed by atoms with van der Waals surface area (Å²) >= 11 is 0. The predicted octanol–water partition coefficient (Wildman–Crippen LogP) is 2.64. The van der Waals surface area contributed by atoms with Crippen LogP contribution in [0.3, 0.4) is 0 Å². The third-order valence-electron chi connectivity index (χ3n) is 3.79. The molecule has 0 aliphatic carbocycles. The molecule has 0 bridgehead atoms. The van der Waals surface area contributed by atoms with Crippen LogP contribution in [0.2, 0.25) is 0 Å². The van der Waals surface area contributed by atoms with Crippen LogP contribution in [0, 0.1) is 5.92 Å². The third-order valence-corrected chi connectivity index (χ3v) is 5.53. The zero-order valence-electron chi connectivity index (χ0n) is 16.5. The second-order valence-electron chi connectivity index (χ2n) is 6.13. The van der Waals surface area contributed by atoms with E-state index in [2.05, 4.69) is 0 Å². The van der Waals surface area contributed by atoms with E-state index in [-0.39, 0.29) is 15.7 Å². The smallest absolute Gasteiger partial charge is 0.294 e. The lowest BCUT2D eigenvalue weighted by Gasteiger charge is -2.20. The van der Waals surface area contributed by atoms with E-state index in [1.165, 1.54) is 24.3 Å². The Kier molecular flexibility index (Phi) is 11.9. The fraction of sp³-hybridized carbons (Fsp3) is 0.368. The summed E-state index contributed by atoms with van der Waals surface area (Å²) in [4.78, 5) is -0.148. The number of hydrogen-bond donors (Lipinski definition) is 4. The first-order chi connectivity index (χ1) is 13.3. The molecular formula is C19H28O8S2. The molecule has 0 aliphatic rings. The Hall–Kier alpha value is -1.82. The minimum absolute atomic E-state index is 0.0324. The molecule has 2 aromatic carbocycles. The largest absolute Gasteiger partial charge is 0.393 e. The lowest BCUT2D eigenvalue weighted by Crippen LogP contribution is -2.26. The first-order valence-electron chi connectivity index (χ1n) is 8.71. The Morgan fingerprint density at radius 2 is 0.966 bits per heavy atom. The summed E-state index contributed by atoms with van der Waals surface area (Å²) in [6.45, 7) is 5.38. The molecule has 0 heterocycles. The van der Waals surface area contributed by atoms with E-state index >= 15 is 0 Å². The number of benzene rings is 2. The molecule has 0 saturated carbocycles. The second kappa shape index (κ2) is 12.7. The highest BCUT2D eigenvalue weighted by atomic mass is 32.2. The summed E-state index contributed by atoms with van der Waals surface area (Å²) in [5, 5.41) is 18.0. The van der Waals surface area contributed by atoms with Crippen molar-refractivity contribution in [3.63, 3.8) is 0 Å². The van der Waals surface area contributed by atoms with E-state index < -0.39 is 32.4 Å². The number of rotatable bonds is 5. The van der Waals surface area contributed by atoms with Gasteiger partial charge < -0.3 is 10.2 Å². The Bertz CT molecular complexity index is 818. The van der Waals surface area contributed by atoms with E-state index in [0.29, 0.717) is 0 Å². The topological polar surface area (TPSA) is 149 Å². The molecule has 29 heavy (non-hydrogen) atoms. The van der Waals surface area contributed by atoms with Crippen LogP contribution in [0.4, 0.5) is 0 Å². The van der Waals surface area contributed by atoms with E-state index in [0.717, 1.165) is 6.42 Å². The molecular weight excluding hydrogens is 420 g/mol. The van der Waals surface area contributed by atoms with Gasteiger partial charge in [-0.05, 0) is 44.5 Å². The Balaban J connectivity index is 0.000000407. The fourth-order valence-corrected chi connectivity index (χ4v) is 3.27. The molecule has 2 unspecified atom stereocenters. The molecule has 0 aliphatic heterocycles. The molecule has 2 rings (SSSR count). The quantitative estimate of drug-likeness (QED) is 0.510. The highest BCUT2D eigenvalue weighted by Gasteiger charge is 2.17. The van der Waals surface area contributed by atoms with Crippen molar-refractivity contribution in [1.82, 2.24) is 0 Å². The minimum atomic E-state index is -4.00. The lowest BCUT2D eigenvalue weighted by atomic mass is 9.95. The van der Waals surface area contributed by atoms with E-state index in [9.17, 15) is 16.8 Å². The predicted molar refractivity (Wildman–Crippen MR) is 110 cm³/mol. The highest BCUT2D eigenvalue weighted by Crippen LogP contribution is 2.12. The van der Waals surface area contributed by atoms with Crippen LogP contribution in [-0.2, 0) is 20.2 Å². The summed E-state index contributed by atoms with van der Waals surface area (Å²) in [7, 11) is -8.01. The Morgan fingerprint density at radius 3 is 1.07 bits per heavy atom. The van der Waals surface area contributed by atoms with Gasteiger partial charge in [0, 0.05) is 5.92 Å². The number of aliphatic hydroxyl groups excluding tert-OH is 2. The Labute approximate surface area is 172 Å². The van der Waals surface area contributed by atoms with Gasteiger partial charge in [0.25, 0.3) is 20.2 Å². The zero-order chi connectivity index (χ0) is 22.7. The molecule has 0 amide bonds. The van der Waals surface area contributed by atoms with Gasteiger partial charge in [-0.25, -0.2) is 0 Å². The van der Waals surface area contributed by atoms with Crippen LogP contribution in [-0.4, -0.2) is 48.4 Å². The average molecular weight is 449 g/mol. The van der Waals surface area contributed by atoms with Crippen molar-refractivity contribution in [2.24, 2.45) is 5.92 Å². The van der Waals surface area contributed by atoms with Crippen LogP contribution in [0.15, 0.2) is 70.5 Å². The van der Waals surface area contributed by atoms with Crippen molar-refractivity contribution < 1.29 is 36.2 Å². The number of aliphatic hydroxyl groups is 2. The summed E-state index contributed by atoms with van der Waals surface area (Å²) < 4.78 is 58.5. The van der Waals surface area contributed by atoms with Crippen molar-refractivity contribution in [2.75, 3.05) is 0 Å². The summed E-state index contributed by atoms with van der Waals surface area (Å²) in [6, 6.07) is 14.8. The van der Waals surface area contributed by atoms with Gasteiger partial charge in [-0.3, -0.25) is 9.11 Å². The van der Waals surface area contributed by atoms with E-state index in [4.69, 9.17) is 19.3 Å². The second-order valence-corrected chi connectivity index (χ2v) is 8.97. The molecule has 2 aromatic rings. The van der Waals surface area contributed by atoms with Crippen molar-refractivity contribution >= 4 is 20.2 Å². The van der Waals surface area contributed by atoms with Crippen LogP contribution in [0.1, 0.15) is 27.2 Å². The minimum Gasteiger partial charge on any atom is -0.393 e. The molecule has 164 valence electrons. The molecule has 0 aromatic heterocycles. The highest BCUT2D eigenvalue weighted by molar-refractivity contribution is 7.86. The lowest BCUT2D eigenvalue weighted by molar-refractivity contribution is 0.0299. The number of hydrogen-bond acceptors (Lipinski definition) is 6. The van der Waals surface area contributed by atoms with Crippen molar-refractivity contribution in [3.8, 4) is 0 Å². The Morgan fingerprint density at radius 1 is 0.690 bits per heavy atom. The van der Waals surface area contributed by atoms with Gasteiger partial charge in [-0.15, -0.1) is 0 Å². The van der Waals surface area contributed by atoms with Gasteiger partial charge >= 0.3 is 0 Å². The monoisotopic (exact) mass is 448 g/mol. The third kappa shape index (κ3) is 11.7. The van der Waals surface area contributed by atoms with Crippen molar-refractivity contribution in [3.05, 3.63) is 60.7 Å². The normalized spacial score (nSPS) is 14.3. The van der Waals surface area contributed by atoms with Gasteiger partial charge in [0.1, 0.15) is 0 Å². The van der Waals surface area contributed by atoms with Crippen molar-refractivity contribution in [1.29, 1.82) is 0 Å². The molecule has 0 fully saturated rings. The molecule has 10 heteroatoms. The van der Waals surface area contributed by atoms with Gasteiger partial charge in [0.15, 0.2) is 0 Å². The van der Waals surface area contributed by atoms with Gasteiger partial charge in [0.2, 0.25) is 0 Å². The molecule has 0 spiro atoms. The first-order valence-corrected chi connectivity index (χ1v) is 11.6. The van der Waals surface area contributed by atoms with E-state index in [1.807, 2.05) is 6.92 Å². The van der Waals surface area contributed by atoms with Crippen LogP contribution < -0.4 is 0 Å². The van der Waals surface area contributed by atoms with Gasteiger partial charge in [-0.2, -0.15) is 16.8 Å². The summed E-state index contributed by atoms with van der Waals surface area (Å²) in [6.07, 6.45) is 0.0417. The van der Waals surface area contributed by atoms with Crippen LogP contribution >= 0.6 is 0 Å². The zero-order valence-corrected chi connectivity index (χ0v) is 18.1.